The number of pyridine rings is 1. The van der Waals surface area contributed by atoms with E-state index < -0.39 is 0 Å². The lowest BCUT2D eigenvalue weighted by Gasteiger charge is -2.35. The van der Waals surface area contributed by atoms with Crippen molar-refractivity contribution in [3.8, 4) is 10.6 Å². The van der Waals surface area contributed by atoms with Gasteiger partial charge in [0.25, 0.3) is 11.6 Å². The highest BCUT2D eigenvalue weighted by atomic mass is 32.1. The fourth-order valence-electron chi connectivity index (χ4n) is 3.98. The van der Waals surface area contributed by atoms with Crippen LogP contribution in [0.2, 0.25) is 0 Å². The monoisotopic (exact) mass is 428 g/mol. The normalized spacial score (nSPS) is 16.3. The first kappa shape index (κ1) is 21.0. The minimum atomic E-state index is -0.117. The number of carbonyl (C=O) groups excluding carboxylic acids is 1. The van der Waals surface area contributed by atoms with Gasteiger partial charge in [-0.2, -0.15) is 0 Å². The largest absolute Gasteiger partial charge is 0.379 e. The van der Waals surface area contributed by atoms with E-state index in [1.807, 2.05) is 30.5 Å². The Balaban J connectivity index is 1.58. The molecule has 4 rings (SSSR count). The molecule has 1 atom stereocenters. The van der Waals surface area contributed by atoms with Gasteiger partial charge in [0.05, 0.1) is 40.4 Å². The number of ether oxygens (including phenoxy) is 1. The number of thiophene rings is 1. The summed E-state index contributed by atoms with van der Waals surface area (Å²) >= 11 is 1.58. The van der Waals surface area contributed by atoms with Gasteiger partial charge in [-0.3, -0.25) is 9.69 Å². The van der Waals surface area contributed by atoms with Crippen LogP contribution in [0.5, 0.6) is 0 Å². The van der Waals surface area contributed by atoms with Crippen LogP contribution in [0.15, 0.2) is 28.1 Å². The van der Waals surface area contributed by atoms with Gasteiger partial charge in [0, 0.05) is 25.7 Å². The van der Waals surface area contributed by atoms with Crippen molar-refractivity contribution >= 4 is 28.3 Å². The third-order valence-electron chi connectivity index (χ3n) is 5.44. The second-order valence-corrected chi connectivity index (χ2v) is 9.07. The molecule has 3 aromatic heterocycles. The lowest BCUT2D eigenvalue weighted by Crippen LogP contribution is -2.49. The second-order valence-electron chi connectivity index (χ2n) is 8.12. The fourth-order valence-corrected chi connectivity index (χ4v) is 4.66. The van der Waals surface area contributed by atoms with Gasteiger partial charge in [0.1, 0.15) is 0 Å². The number of nitrogens with one attached hydrogen (secondary N) is 1. The molecule has 1 unspecified atom stereocenters. The molecular formula is C22H28N4O3S. The summed E-state index contributed by atoms with van der Waals surface area (Å²) in [6.07, 6.45) is 1.03. The molecule has 1 saturated heterocycles. The lowest BCUT2D eigenvalue weighted by atomic mass is 10.0. The Bertz CT molecular complexity index is 993. The molecule has 0 aliphatic carbocycles. The van der Waals surface area contributed by atoms with Crippen LogP contribution in [-0.4, -0.2) is 59.8 Å². The maximum atomic E-state index is 13.3. The number of nitrogens with zero attached hydrogens (tertiary/aromatic N) is 3. The zero-order valence-electron chi connectivity index (χ0n) is 17.7. The minimum Gasteiger partial charge on any atom is -0.379 e. The molecule has 3 aromatic rings. The van der Waals surface area contributed by atoms with Gasteiger partial charge in [0.2, 0.25) is 0 Å². The second kappa shape index (κ2) is 9.24. The number of amides is 1. The van der Waals surface area contributed by atoms with Gasteiger partial charge in [-0.1, -0.05) is 25.1 Å². The Kier molecular flexibility index (Phi) is 6.46. The number of rotatable bonds is 7. The smallest absolute Gasteiger partial charge is 0.259 e. The third kappa shape index (κ3) is 4.55. The van der Waals surface area contributed by atoms with E-state index in [4.69, 9.17) is 9.26 Å². The summed E-state index contributed by atoms with van der Waals surface area (Å²) in [5.74, 6) is 0.432. The Morgan fingerprint density at radius 2 is 2.13 bits per heavy atom. The SMILES string of the molecule is Cc1noc2nc(-c3cccs3)cc(C(=O)NCC(CC(C)C)N3CCOCC3)c12. The van der Waals surface area contributed by atoms with E-state index in [2.05, 4.69) is 34.2 Å². The Labute approximate surface area is 180 Å². The summed E-state index contributed by atoms with van der Waals surface area (Å²) in [5, 5.41) is 9.87. The average Bonchev–Trinajstić information content (AvgIpc) is 3.41. The van der Waals surface area contributed by atoms with E-state index in [9.17, 15) is 4.79 Å². The summed E-state index contributed by atoms with van der Waals surface area (Å²) in [5.41, 5.74) is 2.36. The maximum Gasteiger partial charge on any atom is 0.259 e. The standard InChI is InChI=1S/C22H28N4O3S/c1-14(2)11-16(26-6-8-28-9-7-26)13-23-21(27)17-12-18(19-5-4-10-30-19)24-22-20(17)15(3)25-29-22/h4-5,10,12,14,16H,6-9,11,13H2,1-3H3,(H,23,27). The molecule has 0 aromatic carbocycles. The highest BCUT2D eigenvalue weighted by Gasteiger charge is 2.24. The van der Waals surface area contributed by atoms with Crippen molar-refractivity contribution in [2.75, 3.05) is 32.8 Å². The highest BCUT2D eigenvalue weighted by molar-refractivity contribution is 7.13. The van der Waals surface area contributed by atoms with E-state index in [0.717, 1.165) is 43.3 Å². The molecule has 8 heteroatoms. The molecule has 30 heavy (non-hydrogen) atoms. The van der Waals surface area contributed by atoms with Gasteiger partial charge >= 0.3 is 0 Å². The molecule has 1 fully saturated rings. The molecule has 160 valence electrons. The predicted octanol–water partition coefficient (Wildman–Crippen LogP) is 3.74. The fraction of sp³-hybridized carbons (Fsp3) is 0.500. The van der Waals surface area contributed by atoms with Crippen molar-refractivity contribution in [1.82, 2.24) is 20.4 Å². The topological polar surface area (TPSA) is 80.5 Å². The van der Waals surface area contributed by atoms with Crippen LogP contribution in [0.25, 0.3) is 21.7 Å². The molecular weight excluding hydrogens is 400 g/mol. The first-order valence-electron chi connectivity index (χ1n) is 10.4. The summed E-state index contributed by atoms with van der Waals surface area (Å²) in [6.45, 7) is 10.2. The number of hydrogen-bond acceptors (Lipinski definition) is 7. The quantitative estimate of drug-likeness (QED) is 0.618. The van der Waals surface area contributed by atoms with Crippen molar-refractivity contribution in [3.63, 3.8) is 0 Å². The van der Waals surface area contributed by atoms with Crippen LogP contribution in [-0.2, 0) is 4.74 Å². The molecule has 0 spiro atoms. The molecule has 1 amide bonds. The Hall–Kier alpha value is -2.29. The zero-order valence-corrected chi connectivity index (χ0v) is 18.5. The molecule has 1 aliphatic rings. The lowest BCUT2D eigenvalue weighted by molar-refractivity contribution is 0.0124. The molecule has 1 aliphatic heterocycles. The van der Waals surface area contributed by atoms with Crippen molar-refractivity contribution in [2.45, 2.75) is 33.2 Å². The molecule has 0 saturated carbocycles. The molecule has 1 N–H and O–H groups in total. The number of fused-ring (bicyclic) bond motifs is 1. The van der Waals surface area contributed by atoms with Crippen LogP contribution in [0.1, 0.15) is 36.3 Å². The van der Waals surface area contributed by atoms with Gasteiger partial charge in [0.15, 0.2) is 0 Å². The first-order chi connectivity index (χ1) is 14.5. The number of hydrogen-bond donors (Lipinski definition) is 1. The number of morpholine rings is 1. The van der Waals surface area contributed by atoms with E-state index in [0.29, 0.717) is 34.8 Å². The van der Waals surface area contributed by atoms with E-state index in [1.54, 1.807) is 11.3 Å². The van der Waals surface area contributed by atoms with Gasteiger partial charge in [-0.25, -0.2) is 4.98 Å². The van der Waals surface area contributed by atoms with E-state index in [1.165, 1.54) is 0 Å². The van der Waals surface area contributed by atoms with Crippen molar-refractivity contribution in [2.24, 2.45) is 5.92 Å². The van der Waals surface area contributed by atoms with Gasteiger partial charge in [-0.05, 0) is 36.8 Å². The average molecular weight is 429 g/mol. The predicted molar refractivity (Wildman–Crippen MR) is 118 cm³/mol. The number of aromatic nitrogens is 2. The Morgan fingerprint density at radius 1 is 1.33 bits per heavy atom. The third-order valence-corrected chi connectivity index (χ3v) is 6.33. The molecule has 4 heterocycles. The van der Waals surface area contributed by atoms with Crippen molar-refractivity contribution in [3.05, 3.63) is 34.8 Å². The highest BCUT2D eigenvalue weighted by Crippen LogP contribution is 2.29. The molecule has 7 nitrogen and oxygen atoms in total. The summed E-state index contributed by atoms with van der Waals surface area (Å²) < 4.78 is 10.9. The van der Waals surface area contributed by atoms with Crippen LogP contribution in [0.3, 0.4) is 0 Å². The summed E-state index contributed by atoms with van der Waals surface area (Å²) in [6, 6.07) is 6.09. The van der Waals surface area contributed by atoms with E-state index >= 15 is 0 Å². The van der Waals surface area contributed by atoms with E-state index in [-0.39, 0.29) is 11.9 Å². The van der Waals surface area contributed by atoms with Crippen molar-refractivity contribution in [1.29, 1.82) is 0 Å². The molecule has 0 bridgehead atoms. The van der Waals surface area contributed by atoms with Crippen LogP contribution in [0.4, 0.5) is 0 Å². The molecule has 0 radical (unpaired) electrons. The summed E-state index contributed by atoms with van der Waals surface area (Å²) in [7, 11) is 0. The first-order valence-corrected chi connectivity index (χ1v) is 11.3. The van der Waals surface area contributed by atoms with Crippen LogP contribution in [0, 0.1) is 12.8 Å². The number of aryl methyl sites for hydroxylation is 1. The van der Waals surface area contributed by atoms with Gasteiger partial charge < -0.3 is 14.6 Å². The number of carbonyl (C=O) groups is 1. The minimum absolute atomic E-state index is 0.117. The zero-order chi connectivity index (χ0) is 21.1. The van der Waals surface area contributed by atoms with Crippen molar-refractivity contribution < 1.29 is 14.1 Å². The Morgan fingerprint density at radius 3 is 2.83 bits per heavy atom. The van der Waals surface area contributed by atoms with Crippen LogP contribution < -0.4 is 5.32 Å². The maximum absolute atomic E-state index is 13.3. The van der Waals surface area contributed by atoms with Gasteiger partial charge in [-0.15, -0.1) is 11.3 Å². The summed E-state index contributed by atoms with van der Waals surface area (Å²) in [4.78, 5) is 21.2. The van der Waals surface area contributed by atoms with Crippen LogP contribution >= 0.6 is 11.3 Å².